The van der Waals surface area contributed by atoms with Crippen molar-refractivity contribution in [2.24, 2.45) is 0 Å². The number of benzene rings is 1. The van der Waals surface area contributed by atoms with E-state index in [0.29, 0.717) is 11.6 Å². The second-order valence-corrected chi connectivity index (χ2v) is 6.57. The molecule has 1 aromatic carbocycles. The van der Waals surface area contributed by atoms with Crippen molar-refractivity contribution in [3.05, 3.63) is 64.7 Å². The minimum absolute atomic E-state index is 0.0623. The number of rotatable bonds is 4. The van der Waals surface area contributed by atoms with Gasteiger partial charge in [-0.25, -0.2) is 4.39 Å². The predicted octanol–water partition coefficient (Wildman–Crippen LogP) is 4.50. The molecule has 1 saturated heterocycles. The lowest BCUT2D eigenvalue weighted by Gasteiger charge is -2.36. The third-order valence-electron chi connectivity index (χ3n) is 4.51. The predicted molar refractivity (Wildman–Crippen MR) is 92.6 cm³/mol. The molecule has 5 heteroatoms. The molecule has 24 heavy (non-hydrogen) atoms. The van der Waals surface area contributed by atoms with E-state index in [1.165, 1.54) is 18.2 Å². The Bertz CT molecular complexity index is 708. The Hall–Kier alpha value is -1.94. The van der Waals surface area contributed by atoms with E-state index in [0.717, 1.165) is 37.8 Å². The number of halogens is 2. The largest absolute Gasteiger partial charge is 0.336 e. The summed E-state index contributed by atoms with van der Waals surface area (Å²) in [5, 5.41) is 0.377. The lowest BCUT2D eigenvalue weighted by atomic mass is 9.96. The molecule has 1 aliphatic heterocycles. The van der Waals surface area contributed by atoms with Gasteiger partial charge in [-0.1, -0.05) is 17.7 Å². The molecule has 1 amide bonds. The summed E-state index contributed by atoms with van der Waals surface area (Å²) in [5.41, 5.74) is 1.08. The van der Waals surface area contributed by atoms with Crippen LogP contribution < -0.4 is 0 Å². The first kappa shape index (κ1) is 16.9. The number of likely N-dealkylation sites (tertiary alicyclic amines) is 1. The van der Waals surface area contributed by atoms with Crippen molar-refractivity contribution >= 4 is 17.5 Å². The van der Waals surface area contributed by atoms with E-state index in [2.05, 4.69) is 4.98 Å². The standard InChI is InChI=1S/C19H20ClFN2O/c20-14-7-10-18(21)17(13-14)19(24)23-12-4-2-6-16(23)9-8-15-5-1-3-11-22-15/h1,3,5,7,10-11,13,16H,2,4,6,8-9,12H2/t16-/m1/s1. The number of hydrogen-bond donors (Lipinski definition) is 0. The Labute approximate surface area is 146 Å². The van der Waals surface area contributed by atoms with Crippen LogP contribution in [0.25, 0.3) is 0 Å². The summed E-state index contributed by atoms with van der Waals surface area (Å²) in [4.78, 5) is 18.9. The lowest BCUT2D eigenvalue weighted by Crippen LogP contribution is -2.44. The first-order chi connectivity index (χ1) is 11.6. The zero-order chi connectivity index (χ0) is 16.9. The van der Waals surface area contributed by atoms with Gasteiger partial charge in [-0.3, -0.25) is 9.78 Å². The topological polar surface area (TPSA) is 33.2 Å². The number of carbonyl (C=O) groups excluding carboxylic acids is 1. The first-order valence-corrected chi connectivity index (χ1v) is 8.69. The van der Waals surface area contributed by atoms with Gasteiger partial charge in [0.05, 0.1) is 5.56 Å². The molecule has 0 radical (unpaired) electrons. The summed E-state index contributed by atoms with van der Waals surface area (Å²) < 4.78 is 14.0. The number of carbonyl (C=O) groups is 1. The summed E-state index contributed by atoms with van der Waals surface area (Å²) in [6.45, 7) is 0.664. The number of amides is 1. The van der Waals surface area contributed by atoms with E-state index < -0.39 is 5.82 Å². The molecule has 3 rings (SSSR count). The molecule has 2 heterocycles. The van der Waals surface area contributed by atoms with Gasteiger partial charge in [0.15, 0.2) is 0 Å². The first-order valence-electron chi connectivity index (χ1n) is 8.31. The molecule has 1 aliphatic rings. The van der Waals surface area contributed by atoms with Crippen LogP contribution in [0.15, 0.2) is 42.6 Å². The van der Waals surface area contributed by atoms with Crippen LogP contribution in [-0.2, 0) is 6.42 Å². The summed E-state index contributed by atoms with van der Waals surface area (Å²) in [5.74, 6) is -0.779. The van der Waals surface area contributed by atoms with Crippen LogP contribution in [0.3, 0.4) is 0 Å². The van der Waals surface area contributed by atoms with E-state index in [-0.39, 0.29) is 17.5 Å². The molecule has 1 fully saturated rings. The molecule has 1 atom stereocenters. The Balaban J connectivity index is 1.74. The SMILES string of the molecule is O=C(c1cc(Cl)ccc1F)N1CCCC[C@@H]1CCc1ccccn1. The molecule has 0 saturated carbocycles. The van der Waals surface area contributed by atoms with Crippen LogP contribution in [0.4, 0.5) is 4.39 Å². The average Bonchev–Trinajstić information content (AvgIpc) is 2.62. The Morgan fingerprint density at radius 1 is 1.29 bits per heavy atom. The van der Waals surface area contributed by atoms with Crippen molar-refractivity contribution in [1.29, 1.82) is 0 Å². The fourth-order valence-corrected chi connectivity index (χ4v) is 3.42. The van der Waals surface area contributed by atoms with Crippen molar-refractivity contribution in [3.63, 3.8) is 0 Å². The highest BCUT2D eigenvalue weighted by atomic mass is 35.5. The molecular weight excluding hydrogens is 327 g/mol. The number of pyridine rings is 1. The van der Waals surface area contributed by atoms with Crippen LogP contribution in [0.1, 0.15) is 41.7 Å². The van der Waals surface area contributed by atoms with Gasteiger partial charge in [-0.15, -0.1) is 0 Å². The molecule has 3 nitrogen and oxygen atoms in total. The van der Waals surface area contributed by atoms with E-state index in [4.69, 9.17) is 11.6 Å². The average molecular weight is 347 g/mol. The zero-order valence-electron chi connectivity index (χ0n) is 13.4. The van der Waals surface area contributed by atoms with Gasteiger partial charge in [0.2, 0.25) is 0 Å². The highest BCUT2D eigenvalue weighted by Gasteiger charge is 2.28. The normalized spacial score (nSPS) is 17.8. The second-order valence-electron chi connectivity index (χ2n) is 6.13. The molecule has 0 unspecified atom stereocenters. The van der Waals surface area contributed by atoms with E-state index >= 15 is 0 Å². The monoisotopic (exact) mass is 346 g/mol. The third kappa shape index (κ3) is 3.93. The maximum Gasteiger partial charge on any atom is 0.257 e. The van der Waals surface area contributed by atoms with E-state index in [1.807, 2.05) is 18.2 Å². The smallest absolute Gasteiger partial charge is 0.257 e. The van der Waals surface area contributed by atoms with Gasteiger partial charge in [0.1, 0.15) is 5.82 Å². The lowest BCUT2D eigenvalue weighted by molar-refractivity contribution is 0.0597. The quantitative estimate of drug-likeness (QED) is 0.816. The maximum atomic E-state index is 14.0. The van der Waals surface area contributed by atoms with Crippen molar-refractivity contribution in [1.82, 2.24) is 9.88 Å². The van der Waals surface area contributed by atoms with E-state index in [1.54, 1.807) is 11.1 Å². The van der Waals surface area contributed by atoms with Gasteiger partial charge in [-0.05, 0) is 62.4 Å². The molecular formula is C19H20ClFN2O. The van der Waals surface area contributed by atoms with Gasteiger partial charge in [0.25, 0.3) is 5.91 Å². The highest BCUT2D eigenvalue weighted by molar-refractivity contribution is 6.31. The maximum absolute atomic E-state index is 14.0. The van der Waals surface area contributed by atoms with Crippen molar-refractivity contribution in [3.8, 4) is 0 Å². The van der Waals surface area contributed by atoms with Crippen LogP contribution >= 0.6 is 11.6 Å². The summed E-state index contributed by atoms with van der Waals surface area (Å²) >= 11 is 5.93. The summed E-state index contributed by atoms with van der Waals surface area (Å²) in [7, 11) is 0. The molecule has 0 N–H and O–H groups in total. The summed E-state index contributed by atoms with van der Waals surface area (Å²) in [6, 6.07) is 10.1. The van der Waals surface area contributed by atoms with Crippen LogP contribution in [0, 0.1) is 5.82 Å². The highest BCUT2D eigenvalue weighted by Crippen LogP contribution is 2.25. The molecule has 1 aromatic heterocycles. The minimum Gasteiger partial charge on any atom is -0.336 e. The van der Waals surface area contributed by atoms with E-state index in [9.17, 15) is 9.18 Å². The van der Waals surface area contributed by atoms with Crippen molar-refractivity contribution in [2.75, 3.05) is 6.54 Å². The van der Waals surface area contributed by atoms with Gasteiger partial charge < -0.3 is 4.90 Å². The molecule has 0 spiro atoms. The number of aryl methyl sites for hydroxylation is 1. The molecule has 0 aliphatic carbocycles. The molecule has 2 aromatic rings. The Morgan fingerprint density at radius 3 is 2.96 bits per heavy atom. The number of nitrogens with zero attached hydrogens (tertiary/aromatic N) is 2. The van der Waals surface area contributed by atoms with Crippen molar-refractivity contribution < 1.29 is 9.18 Å². The van der Waals surface area contributed by atoms with Gasteiger partial charge in [-0.2, -0.15) is 0 Å². The second kappa shape index (κ2) is 7.75. The van der Waals surface area contributed by atoms with Gasteiger partial charge in [0, 0.05) is 29.5 Å². The summed E-state index contributed by atoms with van der Waals surface area (Å²) in [6.07, 6.45) is 6.42. The third-order valence-corrected chi connectivity index (χ3v) is 4.74. The fraction of sp³-hybridized carbons (Fsp3) is 0.368. The number of piperidine rings is 1. The van der Waals surface area contributed by atoms with Crippen molar-refractivity contribution in [2.45, 2.75) is 38.1 Å². The minimum atomic E-state index is -0.515. The fourth-order valence-electron chi connectivity index (χ4n) is 3.24. The number of hydrogen-bond acceptors (Lipinski definition) is 2. The Morgan fingerprint density at radius 2 is 2.17 bits per heavy atom. The van der Waals surface area contributed by atoms with Crippen LogP contribution in [0.2, 0.25) is 5.02 Å². The van der Waals surface area contributed by atoms with Crippen LogP contribution in [0.5, 0.6) is 0 Å². The zero-order valence-corrected chi connectivity index (χ0v) is 14.2. The van der Waals surface area contributed by atoms with Gasteiger partial charge >= 0.3 is 0 Å². The number of aromatic nitrogens is 1. The molecule has 0 bridgehead atoms. The Kier molecular flexibility index (Phi) is 5.46. The van der Waals surface area contributed by atoms with Crippen LogP contribution in [-0.4, -0.2) is 28.4 Å². The molecule has 126 valence electrons.